The Morgan fingerprint density at radius 3 is 2.41 bits per heavy atom. The van der Waals surface area contributed by atoms with Crippen LogP contribution in [0.4, 0.5) is 0 Å². The number of nitrogens with one attached hydrogen (secondary N) is 3. The molecule has 2 rings (SSSR count). The molecule has 5 nitrogen and oxygen atoms in total. The third-order valence-electron chi connectivity index (χ3n) is 4.60. The molecular weight excluding hydrogens is 298 g/mol. The van der Waals surface area contributed by atoms with Crippen LogP contribution >= 0.6 is 0 Å². The first kappa shape index (κ1) is 17.4. The molecule has 1 aromatic carbocycles. The van der Waals surface area contributed by atoms with E-state index in [1.54, 1.807) is 21.9 Å². The predicted octanol–water partition coefficient (Wildman–Crippen LogP) is -1.61. The van der Waals surface area contributed by atoms with Crippen LogP contribution in [0.5, 0.6) is 0 Å². The van der Waals surface area contributed by atoms with E-state index in [1.165, 1.54) is 26.2 Å². The van der Waals surface area contributed by atoms with Gasteiger partial charge in [-0.05, 0) is 37.1 Å². The fourth-order valence-electron chi connectivity index (χ4n) is 2.79. The molecule has 0 unspecified atom stereocenters. The minimum atomic E-state index is -3.37. The Labute approximate surface area is 134 Å². The molecule has 0 radical (unpaired) electrons. The van der Waals surface area contributed by atoms with Crippen LogP contribution in [0.2, 0.25) is 0 Å². The van der Waals surface area contributed by atoms with Crippen molar-refractivity contribution in [3.63, 3.8) is 0 Å². The van der Waals surface area contributed by atoms with E-state index in [2.05, 4.69) is 11.8 Å². The van der Waals surface area contributed by atoms with Crippen molar-refractivity contribution in [3.8, 4) is 0 Å². The first-order valence-corrected chi connectivity index (χ1v) is 9.58. The number of benzene rings is 1. The average molecular weight is 327 g/mol. The minimum absolute atomic E-state index is 0.367. The molecule has 1 fully saturated rings. The predicted molar refractivity (Wildman–Crippen MR) is 87.9 cm³/mol. The monoisotopic (exact) mass is 327 g/mol. The minimum Gasteiger partial charge on any atom is -0.328 e. The third kappa shape index (κ3) is 4.78. The molecule has 0 aliphatic carbocycles. The fourth-order valence-corrected chi connectivity index (χ4v) is 3.95. The maximum Gasteiger partial charge on any atom is 0.240 e. The number of hydrogen-bond acceptors (Lipinski definition) is 2. The Morgan fingerprint density at radius 1 is 1.09 bits per heavy atom. The number of likely N-dealkylation sites (N-methyl/N-ethyl adjacent to an activating group) is 1. The average Bonchev–Trinajstić information content (AvgIpc) is 2.48. The van der Waals surface area contributed by atoms with Gasteiger partial charge >= 0.3 is 0 Å². The first-order valence-electron chi connectivity index (χ1n) is 8.10. The largest absolute Gasteiger partial charge is 0.328 e. The zero-order valence-corrected chi connectivity index (χ0v) is 14.7. The van der Waals surface area contributed by atoms with E-state index < -0.39 is 10.0 Å². The van der Waals surface area contributed by atoms with Crippen LogP contribution < -0.4 is 14.5 Å². The molecule has 1 aromatic rings. The number of piperazine rings is 1. The number of quaternary nitrogens is 2. The maximum absolute atomic E-state index is 12.3. The molecule has 3 N–H and O–H groups in total. The molecule has 124 valence electrons. The zero-order valence-electron chi connectivity index (χ0n) is 13.9. The SMILES string of the molecule is Cc1ccc(S(=O)(=O)NCCC[NH+]2CC[NH+](C)CC2)cc1C. The summed E-state index contributed by atoms with van der Waals surface area (Å²) in [4.78, 5) is 3.56. The maximum atomic E-state index is 12.3. The molecule has 0 atom stereocenters. The summed E-state index contributed by atoms with van der Waals surface area (Å²) in [6.45, 7) is 10.3. The van der Waals surface area contributed by atoms with E-state index in [0.29, 0.717) is 11.4 Å². The van der Waals surface area contributed by atoms with Gasteiger partial charge < -0.3 is 9.80 Å². The van der Waals surface area contributed by atoms with Gasteiger partial charge in [-0.25, -0.2) is 13.1 Å². The molecular formula is C16H29N3O2S+2. The Kier molecular flexibility index (Phi) is 5.97. The Morgan fingerprint density at radius 2 is 1.77 bits per heavy atom. The van der Waals surface area contributed by atoms with Crippen LogP contribution in [-0.2, 0) is 10.0 Å². The van der Waals surface area contributed by atoms with E-state index >= 15 is 0 Å². The molecule has 6 heteroatoms. The van der Waals surface area contributed by atoms with E-state index in [1.807, 2.05) is 19.9 Å². The summed E-state index contributed by atoms with van der Waals surface area (Å²) in [5, 5.41) is 0. The molecule has 0 bridgehead atoms. The summed E-state index contributed by atoms with van der Waals surface area (Å²) in [6.07, 6.45) is 0.887. The summed E-state index contributed by atoms with van der Waals surface area (Å²) in [7, 11) is -1.14. The fraction of sp³-hybridized carbons (Fsp3) is 0.625. The van der Waals surface area contributed by atoms with Crippen LogP contribution in [0.1, 0.15) is 17.5 Å². The lowest BCUT2D eigenvalue weighted by Crippen LogP contribution is -3.27. The van der Waals surface area contributed by atoms with E-state index in [-0.39, 0.29) is 0 Å². The molecule has 0 saturated carbocycles. The van der Waals surface area contributed by atoms with Crippen molar-refractivity contribution in [2.75, 3.05) is 46.3 Å². The Balaban J connectivity index is 1.79. The highest BCUT2D eigenvalue weighted by atomic mass is 32.2. The number of rotatable bonds is 6. The van der Waals surface area contributed by atoms with Gasteiger partial charge in [0.1, 0.15) is 26.2 Å². The van der Waals surface area contributed by atoms with Crippen LogP contribution in [-0.4, -0.2) is 54.7 Å². The second kappa shape index (κ2) is 7.55. The topological polar surface area (TPSA) is 55.0 Å². The summed E-state index contributed by atoms with van der Waals surface area (Å²) < 4.78 is 27.3. The molecule has 0 aromatic heterocycles. The van der Waals surface area contributed by atoms with Gasteiger partial charge in [0.15, 0.2) is 0 Å². The highest BCUT2D eigenvalue weighted by Crippen LogP contribution is 2.14. The molecule has 0 amide bonds. The van der Waals surface area contributed by atoms with Crippen LogP contribution in [0.25, 0.3) is 0 Å². The van der Waals surface area contributed by atoms with Gasteiger partial charge in [0.2, 0.25) is 10.0 Å². The van der Waals surface area contributed by atoms with E-state index in [4.69, 9.17) is 0 Å². The van der Waals surface area contributed by atoms with Crippen molar-refractivity contribution in [2.24, 2.45) is 0 Å². The van der Waals surface area contributed by atoms with Crippen molar-refractivity contribution >= 4 is 10.0 Å². The van der Waals surface area contributed by atoms with Gasteiger partial charge in [-0.1, -0.05) is 6.07 Å². The quantitative estimate of drug-likeness (QED) is 0.551. The highest BCUT2D eigenvalue weighted by molar-refractivity contribution is 7.89. The molecule has 1 saturated heterocycles. The molecule has 22 heavy (non-hydrogen) atoms. The number of sulfonamides is 1. The number of hydrogen-bond donors (Lipinski definition) is 3. The normalized spacial score (nSPS) is 22.7. The zero-order chi connectivity index (χ0) is 16.2. The number of aryl methyl sites for hydroxylation is 2. The van der Waals surface area contributed by atoms with Crippen molar-refractivity contribution in [1.82, 2.24) is 4.72 Å². The van der Waals surface area contributed by atoms with Gasteiger partial charge in [0, 0.05) is 13.0 Å². The van der Waals surface area contributed by atoms with Crippen LogP contribution in [0.3, 0.4) is 0 Å². The Bertz CT molecular complexity index is 593. The van der Waals surface area contributed by atoms with Crippen molar-refractivity contribution in [2.45, 2.75) is 25.2 Å². The van der Waals surface area contributed by atoms with Gasteiger partial charge in [0.05, 0.1) is 18.5 Å². The Hall–Kier alpha value is -0.950. The van der Waals surface area contributed by atoms with E-state index in [9.17, 15) is 8.42 Å². The van der Waals surface area contributed by atoms with Gasteiger partial charge in [-0.3, -0.25) is 0 Å². The lowest BCUT2D eigenvalue weighted by atomic mass is 10.1. The standard InChI is InChI=1S/C16H27N3O2S/c1-14-5-6-16(13-15(14)2)22(20,21)17-7-4-8-19-11-9-18(3)10-12-19/h5-6,13,17H,4,7-12H2,1-3H3/p+2. The first-order chi connectivity index (χ1) is 10.4. The van der Waals surface area contributed by atoms with E-state index in [0.717, 1.165) is 24.1 Å². The van der Waals surface area contributed by atoms with Gasteiger partial charge in [-0.15, -0.1) is 0 Å². The molecule has 0 spiro atoms. The summed E-state index contributed by atoms with van der Waals surface area (Å²) in [6, 6.07) is 5.28. The molecule has 1 heterocycles. The molecule has 1 aliphatic rings. The van der Waals surface area contributed by atoms with Crippen LogP contribution in [0.15, 0.2) is 23.1 Å². The van der Waals surface area contributed by atoms with Crippen molar-refractivity contribution < 1.29 is 18.2 Å². The smallest absolute Gasteiger partial charge is 0.240 e. The van der Waals surface area contributed by atoms with Crippen LogP contribution in [0, 0.1) is 13.8 Å². The lowest BCUT2D eigenvalue weighted by molar-refractivity contribution is -1.00. The summed E-state index contributed by atoms with van der Waals surface area (Å²) in [5.41, 5.74) is 2.12. The third-order valence-corrected chi connectivity index (χ3v) is 6.06. The second-order valence-electron chi connectivity index (χ2n) is 6.45. The van der Waals surface area contributed by atoms with Crippen molar-refractivity contribution in [1.29, 1.82) is 0 Å². The second-order valence-corrected chi connectivity index (χ2v) is 8.22. The molecule has 1 aliphatic heterocycles. The summed E-state index contributed by atoms with van der Waals surface area (Å²) in [5.74, 6) is 0. The van der Waals surface area contributed by atoms with Crippen molar-refractivity contribution in [3.05, 3.63) is 29.3 Å². The highest BCUT2D eigenvalue weighted by Gasteiger charge is 2.19. The summed E-state index contributed by atoms with van der Waals surface area (Å²) >= 11 is 0. The lowest BCUT2D eigenvalue weighted by Gasteiger charge is -2.27. The van der Waals surface area contributed by atoms with Gasteiger partial charge in [0.25, 0.3) is 0 Å². The van der Waals surface area contributed by atoms with Gasteiger partial charge in [-0.2, -0.15) is 0 Å².